The van der Waals surface area contributed by atoms with Gasteiger partial charge in [0.2, 0.25) is 5.91 Å². The van der Waals surface area contributed by atoms with Crippen LogP contribution >= 0.6 is 0 Å². The largest absolute Gasteiger partial charge is 0.368 e. The van der Waals surface area contributed by atoms with Crippen molar-refractivity contribution in [2.45, 2.75) is 25.4 Å². The van der Waals surface area contributed by atoms with E-state index < -0.39 is 11.5 Å². The van der Waals surface area contributed by atoms with E-state index in [2.05, 4.69) is 15.2 Å². The van der Waals surface area contributed by atoms with Gasteiger partial charge in [0.15, 0.2) is 0 Å². The van der Waals surface area contributed by atoms with Crippen molar-refractivity contribution < 1.29 is 9.59 Å². The molecule has 7 heteroatoms. The molecule has 2 heterocycles. The van der Waals surface area contributed by atoms with E-state index in [4.69, 9.17) is 5.73 Å². The van der Waals surface area contributed by atoms with E-state index in [1.165, 1.54) is 0 Å². The van der Waals surface area contributed by atoms with Crippen LogP contribution < -0.4 is 16.6 Å². The molecule has 29 heavy (non-hydrogen) atoms. The molecule has 148 valence electrons. The quantitative estimate of drug-likeness (QED) is 0.621. The van der Waals surface area contributed by atoms with E-state index in [0.29, 0.717) is 17.7 Å². The van der Waals surface area contributed by atoms with E-state index in [-0.39, 0.29) is 17.5 Å². The van der Waals surface area contributed by atoms with Crippen molar-refractivity contribution in [2.75, 3.05) is 11.9 Å². The standard InChI is InChI=1S/C22H22N4O3/c23-20(27)19-9-4-10-26(19)13-14-5-3-7-16(11-14)24-21(28)17-12-15-6-1-2-8-18(15)25-22(17)29/h1-3,5-8,11-12,19H,4,9-10,13H2,(H2,23,27)(H,24,28)(H,25,29). The lowest BCUT2D eigenvalue weighted by Gasteiger charge is -2.22. The minimum Gasteiger partial charge on any atom is -0.368 e. The molecule has 1 aromatic heterocycles. The molecule has 0 bridgehead atoms. The molecule has 4 N–H and O–H groups in total. The molecule has 1 fully saturated rings. The van der Waals surface area contributed by atoms with E-state index >= 15 is 0 Å². The number of H-pyrrole nitrogens is 1. The maximum absolute atomic E-state index is 12.7. The average molecular weight is 390 g/mol. The van der Waals surface area contributed by atoms with E-state index in [1.807, 2.05) is 36.4 Å². The lowest BCUT2D eigenvalue weighted by atomic mass is 10.1. The first-order valence-electron chi connectivity index (χ1n) is 9.57. The minimum atomic E-state index is -0.467. The lowest BCUT2D eigenvalue weighted by Crippen LogP contribution is -2.39. The molecule has 1 unspecified atom stereocenters. The molecule has 0 saturated carbocycles. The number of anilines is 1. The number of nitrogens with zero attached hydrogens (tertiary/aromatic N) is 1. The van der Waals surface area contributed by atoms with Gasteiger partial charge in [-0.3, -0.25) is 19.3 Å². The van der Waals surface area contributed by atoms with Gasteiger partial charge in [-0.05, 0) is 54.6 Å². The Morgan fingerprint density at radius 2 is 1.97 bits per heavy atom. The predicted molar refractivity (Wildman–Crippen MR) is 112 cm³/mol. The summed E-state index contributed by atoms with van der Waals surface area (Å²) in [5.41, 5.74) is 7.35. The zero-order valence-corrected chi connectivity index (χ0v) is 15.9. The Balaban J connectivity index is 1.52. The molecule has 1 atom stereocenters. The van der Waals surface area contributed by atoms with Crippen LogP contribution in [0.4, 0.5) is 5.69 Å². The van der Waals surface area contributed by atoms with E-state index in [1.54, 1.807) is 18.2 Å². The Bertz CT molecular complexity index is 1140. The third kappa shape index (κ3) is 4.05. The highest BCUT2D eigenvalue weighted by molar-refractivity contribution is 6.05. The topological polar surface area (TPSA) is 108 Å². The molecular weight excluding hydrogens is 368 g/mol. The molecule has 1 saturated heterocycles. The zero-order valence-electron chi connectivity index (χ0n) is 15.9. The molecule has 3 aromatic rings. The van der Waals surface area contributed by atoms with Crippen LogP contribution in [-0.2, 0) is 11.3 Å². The Morgan fingerprint density at radius 3 is 2.79 bits per heavy atom. The van der Waals surface area contributed by atoms with Crippen molar-refractivity contribution in [1.29, 1.82) is 0 Å². The van der Waals surface area contributed by atoms with Crippen molar-refractivity contribution in [1.82, 2.24) is 9.88 Å². The second kappa shape index (κ2) is 7.89. The first-order chi connectivity index (χ1) is 14.0. The number of nitrogens with one attached hydrogen (secondary N) is 2. The normalized spacial score (nSPS) is 16.8. The highest BCUT2D eigenvalue weighted by Crippen LogP contribution is 2.21. The van der Waals surface area contributed by atoms with Gasteiger partial charge in [-0.1, -0.05) is 30.3 Å². The van der Waals surface area contributed by atoms with Gasteiger partial charge < -0.3 is 16.0 Å². The average Bonchev–Trinajstić information content (AvgIpc) is 3.16. The van der Waals surface area contributed by atoms with Crippen molar-refractivity contribution >= 4 is 28.4 Å². The molecule has 0 spiro atoms. The number of para-hydroxylation sites is 1. The number of aromatic nitrogens is 1. The van der Waals surface area contributed by atoms with E-state index in [9.17, 15) is 14.4 Å². The summed E-state index contributed by atoms with van der Waals surface area (Å²) >= 11 is 0. The number of aromatic amines is 1. The summed E-state index contributed by atoms with van der Waals surface area (Å²) in [6.07, 6.45) is 1.71. The van der Waals surface area contributed by atoms with Crippen molar-refractivity contribution in [3.63, 3.8) is 0 Å². The SMILES string of the molecule is NC(=O)C1CCCN1Cc1cccc(NC(=O)c2cc3ccccc3[nH]c2=O)c1. The number of hydrogen-bond acceptors (Lipinski definition) is 4. The molecular formula is C22H22N4O3. The number of fused-ring (bicyclic) bond motifs is 1. The van der Waals surface area contributed by atoms with Crippen LogP contribution in [0.25, 0.3) is 10.9 Å². The Kier molecular flexibility index (Phi) is 5.14. The van der Waals surface area contributed by atoms with Crippen molar-refractivity contribution in [3.05, 3.63) is 76.1 Å². The van der Waals surface area contributed by atoms with Gasteiger partial charge >= 0.3 is 0 Å². The summed E-state index contributed by atoms with van der Waals surface area (Å²) in [6.45, 7) is 1.39. The van der Waals surface area contributed by atoms with Crippen molar-refractivity contribution in [2.24, 2.45) is 5.73 Å². The molecule has 0 radical (unpaired) electrons. The summed E-state index contributed by atoms with van der Waals surface area (Å²) in [5.74, 6) is -0.771. The molecule has 0 aliphatic carbocycles. The number of rotatable bonds is 5. The number of carbonyl (C=O) groups is 2. The van der Waals surface area contributed by atoms with Gasteiger partial charge in [0.1, 0.15) is 5.56 Å². The molecule has 7 nitrogen and oxygen atoms in total. The van der Waals surface area contributed by atoms with Crippen molar-refractivity contribution in [3.8, 4) is 0 Å². The fourth-order valence-corrected chi connectivity index (χ4v) is 3.83. The highest BCUT2D eigenvalue weighted by Gasteiger charge is 2.28. The van der Waals surface area contributed by atoms with Gasteiger partial charge in [-0.25, -0.2) is 0 Å². The van der Waals surface area contributed by atoms with Gasteiger partial charge in [0.05, 0.1) is 6.04 Å². The summed E-state index contributed by atoms with van der Waals surface area (Å²) < 4.78 is 0. The summed E-state index contributed by atoms with van der Waals surface area (Å²) in [4.78, 5) is 41.3. The van der Waals surface area contributed by atoms with Crippen LogP contribution in [0.3, 0.4) is 0 Å². The van der Waals surface area contributed by atoms with Gasteiger partial charge in [-0.15, -0.1) is 0 Å². The number of amides is 2. The molecule has 2 amide bonds. The van der Waals surface area contributed by atoms with Crippen LogP contribution in [0.2, 0.25) is 0 Å². The van der Waals surface area contributed by atoms with Gasteiger partial charge in [-0.2, -0.15) is 0 Å². The molecule has 1 aliphatic heterocycles. The first kappa shape index (κ1) is 18.9. The minimum absolute atomic E-state index is 0.0578. The van der Waals surface area contributed by atoms with Crippen LogP contribution in [0.15, 0.2) is 59.4 Å². The Hall–Kier alpha value is -3.45. The number of pyridine rings is 1. The zero-order chi connectivity index (χ0) is 20.4. The fraction of sp³-hybridized carbons (Fsp3) is 0.227. The van der Waals surface area contributed by atoms with Crippen LogP contribution in [0, 0.1) is 0 Å². The number of hydrogen-bond donors (Lipinski definition) is 3. The highest BCUT2D eigenvalue weighted by atomic mass is 16.2. The number of nitrogens with two attached hydrogens (primary N) is 1. The fourth-order valence-electron chi connectivity index (χ4n) is 3.83. The second-order valence-electron chi connectivity index (χ2n) is 7.28. The maximum Gasteiger partial charge on any atom is 0.261 e. The third-order valence-corrected chi connectivity index (χ3v) is 5.26. The maximum atomic E-state index is 12.7. The Labute approximate surface area is 167 Å². The summed E-state index contributed by atoms with van der Waals surface area (Å²) in [6, 6.07) is 16.1. The van der Waals surface area contributed by atoms with Gasteiger partial charge in [0, 0.05) is 17.7 Å². The smallest absolute Gasteiger partial charge is 0.261 e. The number of carbonyl (C=O) groups excluding carboxylic acids is 2. The van der Waals surface area contributed by atoms with Crippen LogP contribution in [0.1, 0.15) is 28.8 Å². The Morgan fingerprint density at radius 1 is 1.14 bits per heavy atom. The third-order valence-electron chi connectivity index (χ3n) is 5.26. The van der Waals surface area contributed by atoms with Gasteiger partial charge in [0.25, 0.3) is 11.5 Å². The number of primary amides is 1. The molecule has 4 rings (SSSR count). The predicted octanol–water partition coefficient (Wildman–Crippen LogP) is 2.23. The molecule has 1 aliphatic rings. The number of likely N-dealkylation sites (tertiary alicyclic amines) is 1. The lowest BCUT2D eigenvalue weighted by molar-refractivity contribution is -0.122. The van der Waals surface area contributed by atoms with Crippen LogP contribution in [-0.4, -0.2) is 34.3 Å². The summed E-state index contributed by atoms with van der Waals surface area (Å²) in [7, 11) is 0. The first-order valence-corrected chi connectivity index (χ1v) is 9.57. The van der Waals surface area contributed by atoms with E-state index in [0.717, 1.165) is 30.3 Å². The van der Waals surface area contributed by atoms with Crippen LogP contribution in [0.5, 0.6) is 0 Å². The number of benzene rings is 2. The monoisotopic (exact) mass is 390 g/mol. The second-order valence-corrected chi connectivity index (χ2v) is 7.28. The summed E-state index contributed by atoms with van der Waals surface area (Å²) in [5, 5.41) is 3.58. The molecule has 2 aromatic carbocycles.